The first-order valence-corrected chi connectivity index (χ1v) is 8.42. The predicted octanol–water partition coefficient (Wildman–Crippen LogP) is 3.38. The highest BCUT2D eigenvalue weighted by molar-refractivity contribution is 9.10. The lowest BCUT2D eigenvalue weighted by Crippen LogP contribution is -2.25. The Bertz CT molecular complexity index is 792. The third kappa shape index (κ3) is 3.59. The van der Waals surface area contributed by atoms with Crippen molar-refractivity contribution in [1.29, 1.82) is 0 Å². The van der Waals surface area contributed by atoms with Gasteiger partial charge >= 0.3 is 0 Å². The molecule has 6 heteroatoms. The zero-order valence-corrected chi connectivity index (χ0v) is 14.8. The molecule has 0 atom stereocenters. The fraction of sp³-hybridized carbons (Fsp3) is 0.222. The van der Waals surface area contributed by atoms with E-state index in [0.717, 1.165) is 22.1 Å². The summed E-state index contributed by atoms with van der Waals surface area (Å²) in [5.74, 6) is 0.429. The number of amides is 2. The average molecular weight is 389 g/mol. The van der Waals surface area contributed by atoms with Crippen molar-refractivity contribution in [3.8, 4) is 5.75 Å². The number of anilines is 2. The molecule has 0 radical (unpaired) electrons. The molecular weight excluding hydrogens is 372 g/mol. The van der Waals surface area contributed by atoms with E-state index < -0.39 is 0 Å². The average Bonchev–Trinajstić information content (AvgIpc) is 2.97. The Balaban J connectivity index is 1.61. The SMILES string of the molecule is CC(=O)N1CCc2cc(NC(=O)COc3ccccc3Br)ccc21. The van der Waals surface area contributed by atoms with Crippen LogP contribution in [0.4, 0.5) is 11.4 Å². The molecule has 124 valence electrons. The molecule has 0 saturated carbocycles. The molecule has 5 nitrogen and oxygen atoms in total. The number of nitrogens with one attached hydrogen (secondary N) is 1. The molecule has 0 bridgehead atoms. The van der Waals surface area contributed by atoms with Crippen molar-refractivity contribution in [2.75, 3.05) is 23.4 Å². The minimum atomic E-state index is -0.230. The molecule has 2 amide bonds. The molecule has 0 fully saturated rings. The van der Waals surface area contributed by atoms with E-state index >= 15 is 0 Å². The van der Waals surface area contributed by atoms with Crippen molar-refractivity contribution in [3.05, 3.63) is 52.5 Å². The number of ether oxygens (including phenoxy) is 1. The Morgan fingerprint density at radius 1 is 1.25 bits per heavy atom. The fourth-order valence-electron chi connectivity index (χ4n) is 2.71. The largest absolute Gasteiger partial charge is 0.483 e. The van der Waals surface area contributed by atoms with Crippen LogP contribution in [0, 0.1) is 0 Å². The first-order chi connectivity index (χ1) is 11.5. The number of hydrogen-bond acceptors (Lipinski definition) is 3. The summed E-state index contributed by atoms with van der Waals surface area (Å²) in [4.78, 5) is 25.4. The Kier molecular flexibility index (Phi) is 4.85. The summed E-state index contributed by atoms with van der Waals surface area (Å²) in [6.45, 7) is 2.18. The zero-order chi connectivity index (χ0) is 17.1. The zero-order valence-electron chi connectivity index (χ0n) is 13.2. The molecule has 1 aliphatic heterocycles. The number of halogens is 1. The molecule has 2 aromatic carbocycles. The minimum absolute atomic E-state index is 0.0346. The molecule has 0 aliphatic carbocycles. The molecule has 0 saturated heterocycles. The predicted molar refractivity (Wildman–Crippen MR) is 96.4 cm³/mol. The van der Waals surface area contributed by atoms with E-state index in [-0.39, 0.29) is 18.4 Å². The molecule has 2 aromatic rings. The summed E-state index contributed by atoms with van der Waals surface area (Å²) < 4.78 is 6.31. The number of carbonyl (C=O) groups excluding carboxylic acids is 2. The first-order valence-electron chi connectivity index (χ1n) is 7.63. The quantitative estimate of drug-likeness (QED) is 0.873. The molecule has 24 heavy (non-hydrogen) atoms. The Labute approximate surface area is 148 Å². The van der Waals surface area contributed by atoms with Crippen LogP contribution in [-0.2, 0) is 16.0 Å². The second-order valence-corrected chi connectivity index (χ2v) is 6.39. The fourth-order valence-corrected chi connectivity index (χ4v) is 3.11. The van der Waals surface area contributed by atoms with Crippen LogP contribution in [0.5, 0.6) is 5.75 Å². The van der Waals surface area contributed by atoms with Crippen LogP contribution in [0.2, 0.25) is 0 Å². The summed E-state index contributed by atoms with van der Waals surface area (Å²) in [6.07, 6.45) is 0.798. The molecule has 1 N–H and O–H groups in total. The molecule has 0 aromatic heterocycles. The summed E-state index contributed by atoms with van der Waals surface area (Å²) in [5.41, 5.74) is 2.69. The van der Waals surface area contributed by atoms with Gasteiger partial charge in [-0.25, -0.2) is 0 Å². The van der Waals surface area contributed by atoms with Gasteiger partial charge in [-0.2, -0.15) is 0 Å². The number of fused-ring (bicyclic) bond motifs is 1. The van der Waals surface area contributed by atoms with Gasteiger partial charge in [0.25, 0.3) is 5.91 Å². The minimum Gasteiger partial charge on any atom is -0.483 e. The smallest absolute Gasteiger partial charge is 0.262 e. The second-order valence-electron chi connectivity index (χ2n) is 5.53. The highest BCUT2D eigenvalue weighted by Crippen LogP contribution is 2.30. The Hall–Kier alpha value is -2.34. The van der Waals surface area contributed by atoms with E-state index in [0.29, 0.717) is 18.0 Å². The summed E-state index contributed by atoms with van der Waals surface area (Å²) in [5, 5.41) is 2.82. The van der Waals surface area contributed by atoms with Crippen molar-refractivity contribution < 1.29 is 14.3 Å². The van der Waals surface area contributed by atoms with Crippen LogP contribution in [0.15, 0.2) is 46.9 Å². The number of nitrogens with zero attached hydrogens (tertiary/aromatic N) is 1. The van der Waals surface area contributed by atoms with Gasteiger partial charge in [0, 0.05) is 24.8 Å². The molecule has 3 rings (SSSR count). The van der Waals surface area contributed by atoms with E-state index in [1.54, 1.807) is 24.0 Å². The summed E-state index contributed by atoms with van der Waals surface area (Å²) in [7, 11) is 0. The van der Waals surface area contributed by atoms with Gasteiger partial charge in [-0.1, -0.05) is 12.1 Å². The normalized spacial score (nSPS) is 12.7. The number of para-hydroxylation sites is 1. The molecule has 1 heterocycles. The lowest BCUT2D eigenvalue weighted by atomic mass is 10.1. The maximum Gasteiger partial charge on any atom is 0.262 e. The van der Waals surface area contributed by atoms with Crippen LogP contribution >= 0.6 is 15.9 Å². The highest BCUT2D eigenvalue weighted by atomic mass is 79.9. The maximum atomic E-state index is 12.1. The van der Waals surface area contributed by atoms with E-state index in [9.17, 15) is 9.59 Å². The first kappa shape index (κ1) is 16.5. The Morgan fingerprint density at radius 2 is 2.04 bits per heavy atom. The standard InChI is InChI=1S/C18H17BrN2O3/c1-12(22)21-9-8-13-10-14(6-7-16(13)21)20-18(23)11-24-17-5-3-2-4-15(17)19/h2-7,10H,8-9,11H2,1H3,(H,20,23). The van der Waals surface area contributed by atoms with Crippen LogP contribution in [0.25, 0.3) is 0 Å². The number of hydrogen-bond donors (Lipinski definition) is 1. The lowest BCUT2D eigenvalue weighted by Gasteiger charge is -2.15. The van der Waals surface area contributed by atoms with Crippen LogP contribution in [0.3, 0.4) is 0 Å². The van der Waals surface area contributed by atoms with E-state index in [2.05, 4.69) is 21.2 Å². The highest BCUT2D eigenvalue weighted by Gasteiger charge is 2.22. The van der Waals surface area contributed by atoms with Gasteiger partial charge in [0.1, 0.15) is 5.75 Å². The van der Waals surface area contributed by atoms with Crippen molar-refractivity contribution in [2.24, 2.45) is 0 Å². The summed E-state index contributed by atoms with van der Waals surface area (Å²) in [6, 6.07) is 13.0. The second kappa shape index (κ2) is 7.05. The topological polar surface area (TPSA) is 58.6 Å². The third-order valence-electron chi connectivity index (χ3n) is 3.83. The van der Waals surface area contributed by atoms with Crippen LogP contribution < -0.4 is 15.0 Å². The summed E-state index contributed by atoms with van der Waals surface area (Å²) >= 11 is 3.38. The number of carbonyl (C=O) groups is 2. The van der Waals surface area contributed by atoms with Crippen molar-refractivity contribution >= 4 is 39.1 Å². The van der Waals surface area contributed by atoms with E-state index in [4.69, 9.17) is 4.74 Å². The van der Waals surface area contributed by atoms with Crippen LogP contribution in [0.1, 0.15) is 12.5 Å². The molecule has 0 spiro atoms. The van der Waals surface area contributed by atoms with Crippen LogP contribution in [-0.4, -0.2) is 25.0 Å². The van der Waals surface area contributed by atoms with Crippen molar-refractivity contribution in [3.63, 3.8) is 0 Å². The van der Waals surface area contributed by atoms with E-state index in [1.807, 2.05) is 30.3 Å². The molecule has 1 aliphatic rings. The van der Waals surface area contributed by atoms with Gasteiger partial charge in [0.15, 0.2) is 6.61 Å². The van der Waals surface area contributed by atoms with Gasteiger partial charge in [0.2, 0.25) is 5.91 Å². The Morgan fingerprint density at radius 3 is 2.79 bits per heavy atom. The van der Waals surface area contributed by atoms with Gasteiger partial charge in [-0.05, 0) is 58.2 Å². The van der Waals surface area contributed by atoms with Gasteiger partial charge in [-0.3, -0.25) is 9.59 Å². The van der Waals surface area contributed by atoms with Crippen molar-refractivity contribution in [1.82, 2.24) is 0 Å². The lowest BCUT2D eigenvalue weighted by molar-refractivity contribution is -0.118. The van der Waals surface area contributed by atoms with Gasteiger partial charge in [-0.15, -0.1) is 0 Å². The number of rotatable bonds is 4. The van der Waals surface area contributed by atoms with E-state index in [1.165, 1.54) is 0 Å². The van der Waals surface area contributed by atoms with Crippen molar-refractivity contribution in [2.45, 2.75) is 13.3 Å². The molecular formula is C18H17BrN2O3. The third-order valence-corrected chi connectivity index (χ3v) is 4.49. The number of benzene rings is 2. The van der Waals surface area contributed by atoms with Gasteiger partial charge < -0.3 is 15.0 Å². The molecule has 0 unspecified atom stereocenters. The monoisotopic (exact) mass is 388 g/mol. The van der Waals surface area contributed by atoms with Gasteiger partial charge in [0.05, 0.1) is 4.47 Å². The maximum absolute atomic E-state index is 12.1.